The first kappa shape index (κ1) is 19.8. The van der Waals surface area contributed by atoms with Crippen molar-refractivity contribution in [3.05, 3.63) is 77.3 Å². The van der Waals surface area contributed by atoms with E-state index < -0.39 is 23.5 Å². The zero-order chi connectivity index (χ0) is 21.3. The highest BCUT2D eigenvalue weighted by Gasteiger charge is 2.44. The molecule has 2 N–H and O–H groups in total. The molecule has 6 nitrogen and oxygen atoms in total. The van der Waals surface area contributed by atoms with Gasteiger partial charge in [-0.25, -0.2) is 0 Å². The molecule has 2 heterocycles. The third-order valence-corrected chi connectivity index (χ3v) is 5.41. The van der Waals surface area contributed by atoms with Crippen LogP contribution in [-0.2, 0) is 4.79 Å². The Morgan fingerprint density at radius 3 is 2.50 bits per heavy atom. The SMILES string of the molecule is CCCCCN1C(=O)C(O)=C(C(=O)c2cc3ccccc3o2)C1c1ccc(O)cc1. The van der Waals surface area contributed by atoms with Crippen LogP contribution in [0.3, 0.4) is 0 Å². The number of unbranched alkanes of at least 4 members (excludes halogenated alkanes) is 2. The molecule has 1 unspecified atom stereocenters. The standard InChI is InChI=1S/C24H23NO5/c1-2-3-6-13-25-21(15-9-11-17(26)12-10-15)20(23(28)24(25)29)22(27)19-14-16-7-4-5-8-18(16)30-19/h4-5,7-12,14,21,26,28H,2-3,6,13H2,1H3. The van der Waals surface area contributed by atoms with Crippen LogP contribution in [0, 0.1) is 0 Å². The number of rotatable bonds is 7. The zero-order valence-corrected chi connectivity index (χ0v) is 16.7. The molecule has 4 rings (SSSR count). The molecule has 0 radical (unpaired) electrons. The van der Waals surface area contributed by atoms with Crippen LogP contribution in [0.25, 0.3) is 11.0 Å². The first-order chi connectivity index (χ1) is 14.5. The lowest BCUT2D eigenvalue weighted by atomic mass is 9.95. The summed E-state index contributed by atoms with van der Waals surface area (Å²) in [5.74, 6) is -1.48. The van der Waals surface area contributed by atoms with E-state index in [4.69, 9.17) is 4.42 Å². The highest BCUT2D eigenvalue weighted by atomic mass is 16.3. The fourth-order valence-electron chi connectivity index (χ4n) is 3.88. The maximum atomic E-state index is 13.4. The van der Waals surface area contributed by atoms with E-state index in [1.807, 2.05) is 18.2 Å². The van der Waals surface area contributed by atoms with Crippen molar-refractivity contribution in [3.63, 3.8) is 0 Å². The van der Waals surface area contributed by atoms with Crippen molar-refractivity contribution in [1.82, 2.24) is 4.90 Å². The van der Waals surface area contributed by atoms with Crippen molar-refractivity contribution < 1.29 is 24.2 Å². The Kier molecular flexibility index (Phi) is 5.31. The van der Waals surface area contributed by atoms with Crippen LogP contribution < -0.4 is 0 Å². The van der Waals surface area contributed by atoms with Crippen molar-refractivity contribution in [2.75, 3.05) is 6.54 Å². The number of phenolic OH excluding ortho intramolecular Hbond substituents is 1. The van der Waals surface area contributed by atoms with Crippen LogP contribution in [0.15, 0.2) is 70.3 Å². The molecule has 0 spiro atoms. The number of fused-ring (bicyclic) bond motifs is 1. The number of ketones is 1. The number of aliphatic hydroxyl groups is 1. The van der Waals surface area contributed by atoms with E-state index in [-0.39, 0.29) is 17.1 Å². The molecule has 1 aliphatic heterocycles. The van der Waals surface area contributed by atoms with Crippen LogP contribution in [0.2, 0.25) is 0 Å². The number of furan rings is 1. The van der Waals surface area contributed by atoms with Crippen LogP contribution >= 0.6 is 0 Å². The van der Waals surface area contributed by atoms with Gasteiger partial charge in [-0.05, 0) is 36.2 Å². The maximum absolute atomic E-state index is 13.4. The summed E-state index contributed by atoms with van der Waals surface area (Å²) in [5.41, 5.74) is 1.20. The molecule has 0 saturated heterocycles. The van der Waals surface area contributed by atoms with Gasteiger partial charge in [0.25, 0.3) is 5.91 Å². The number of carbonyl (C=O) groups is 2. The van der Waals surface area contributed by atoms with E-state index in [0.29, 0.717) is 17.7 Å². The highest BCUT2D eigenvalue weighted by Crippen LogP contribution is 2.40. The Bertz CT molecular complexity index is 1090. The van der Waals surface area contributed by atoms with Crippen LogP contribution in [0.1, 0.15) is 48.3 Å². The van der Waals surface area contributed by atoms with Gasteiger partial charge in [0, 0.05) is 11.9 Å². The molecule has 0 bridgehead atoms. The summed E-state index contributed by atoms with van der Waals surface area (Å²) < 4.78 is 5.70. The van der Waals surface area contributed by atoms with Gasteiger partial charge in [-0.1, -0.05) is 50.1 Å². The van der Waals surface area contributed by atoms with Gasteiger partial charge >= 0.3 is 0 Å². The van der Waals surface area contributed by atoms with E-state index >= 15 is 0 Å². The third-order valence-electron chi connectivity index (χ3n) is 5.41. The number of nitrogens with zero attached hydrogens (tertiary/aromatic N) is 1. The monoisotopic (exact) mass is 405 g/mol. The van der Waals surface area contributed by atoms with E-state index in [1.165, 1.54) is 17.0 Å². The number of para-hydroxylation sites is 1. The fraction of sp³-hybridized carbons (Fsp3) is 0.250. The molecule has 1 aromatic heterocycles. The third kappa shape index (κ3) is 3.45. The highest BCUT2D eigenvalue weighted by molar-refractivity contribution is 6.16. The topological polar surface area (TPSA) is 91.0 Å². The summed E-state index contributed by atoms with van der Waals surface area (Å²) in [6.45, 7) is 2.48. The van der Waals surface area contributed by atoms with Crippen molar-refractivity contribution in [2.45, 2.75) is 32.2 Å². The minimum absolute atomic E-state index is 0.00115. The molecule has 2 aromatic carbocycles. The summed E-state index contributed by atoms with van der Waals surface area (Å²) >= 11 is 0. The van der Waals surface area contributed by atoms with Crippen LogP contribution in [-0.4, -0.2) is 33.3 Å². The number of benzene rings is 2. The minimum Gasteiger partial charge on any atom is -0.508 e. The number of aliphatic hydroxyl groups excluding tert-OH is 1. The number of aromatic hydroxyl groups is 1. The van der Waals surface area contributed by atoms with Gasteiger partial charge < -0.3 is 19.5 Å². The first-order valence-corrected chi connectivity index (χ1v) is 10.1. The van der Waals surface area contributed by atoms with Gasteiger partial charge in [-0.2, -0.15) is 0 Å². The van der Waals surface area contributed by atoms with Crippen LogP contribution in [0.5, 0.6) is 5.75 Å². The molecule has 3 aromatic rings. The second kappa shape index (κ2) is 8.06. The number of Topliss-reactive ketones (excluding diaryl/α,β-unsaturated/α-hetero) is 1. The van der Waals surface area contributed by atoms with Gasteiger partial charge in [0.05, 0.1) is 11.6 Å². The van der Waals surface area contributed by atoms with Crippen molar-refractivity contribution in [3.8, 4) is 5.75 Å². The summed E-state index contributed by atoms with van der Waals surface area (Å²) in [6, 6.07) is 14.4. The number of hydrogen-bond donors (Lipinski definition) is 2. The summed E-state index contributed by atoms with van der Waals surface area (Å²) in [4.78, 5) is 27.7. The summed E-state index contributed by atoms with van der Waals surface area (Å²) in [6.07, 6.45) is 2.67. The Hall–Kier alpha value is -3.54. The molecule has 1 amide bonds. The molecular formula is C24H23NO5. The van der Waals surface area contributed by atoms with Gasteiger partial charge in [0.1, 0.15) is 11.3 Å². The molecule has 154 valence electrons. The van der Waals surface area contributed by atoms with Gasteiger partial charge in [-0.15, -0.1) is 0 Å². The van der Waals surface area contributed by atoms with Crippen molar-refractivity contribution in [1.29, 1.82) is 0 Å². The molecule has 1 aliphatic rings. The van der Waals surface area contributed by atoms with Gasteiger partial charge in [-0.3, -0.25) is 9.59 Å². The van der Waals surface area contributed by atoms with Crippen molar-refractivity contribution in [2.24, 2.45) is 0 Å². The molecule has 30 heavy (non-hydrogen) atoms. The molecular weight excluding hydrogens is 382 g/mol. The molecule has 0 saturated carbocycles. The molecule has 0 fully saturated rings. The Morgan fingerprint density at radius 1 is 1.07 bits per heavy atom. The van der Waals surface area contributed by atoms with E-state index in [1.54, 1.807) is 24.3 Å². The molecule has 6 heteroatoms. The molecule has 1 atom stereocenters. The van der Waals surface area contributed by atoms with Crippen LogP contribution in [0.4, 0.5) is 0 Å². The second-order valence-corrected chi connectivity index (χ2v) is 7.44. The predicted octanol–water partition coefficient (Wildman–Crippen LogP) is 4.91. The lowest BCUT2D eigenvalue weighted by Crippen LogP contribution is -2.32. The minimum atomic E-state index is -0.740. The summed E-state index contributed by atoms with van der Waals surface area (Å²) in [7, 11) is 0. The lowest BCUT2D eigenvalue weighted by molar-refractivity contribution is -0.129. The van der Waals surface area contributed by atoms with Gasteiger partial charge in [0.2, 0.25) is 5.78 Å². The number of amides is 1. The average Bonchev–Trinajstić information content (AvgIpc) is 3.29. The average molecular weight is 405 g/mol. The van der Waals surface area contributed by atoms with Gasteiger partial charge in [0.15, 0.2) is 11.5 Å². The van der Waals surface area contributed by atoms with E-state index in [9.17, 15) is 19.8 Å². The number of hydrogen-bond acceptors (Lipinski definition) is 5. The van der Waals surface area contributed by atoms with Crippen molar-refractivity contribution >= 4 is 22.7 Å². The van der Waals surface area contributed by atoms with E-state index in [2.05, 4.69) is 6.92 Å². The summed E-state index contributed by atoms with van der Waals surface area (Å²) in [5, 5.41) is 21.1. The largest absolute Gasteiger partial charge is 0.508 e. The predicted molar refractivity (Wildman–Crippen MR) is 112 cm³/mol. The lowest BCUT2D eigenvalue weighted by Gasteiger charge is -2.26. The first-order valence-electron chi connectivity index (χ1n) is 10.1. The Labute approximate surface area is 174 Å². The maximum Gasteiger partial charge on any atom is 0.290 e. The Balaban J connectivity index is 1.76. The smallest absolute Gasteiger partial charge is 0.290 e. The Morgan fingerprint density at radius 2 is 1.80 bits per heavy atom. The fourth-order valence-corrected chi connectivity index (χ4v) is 3.88. The normalized spacial score (nSPS) is 16.6. The zero-order valence-electron chi connectivity index (χ0n) is 16.7. The second-order valence-electron chi connectivity index (χ2n) is 7.44. The number of carbonyl (C=O) groups excluding carboxylic acids is 2. The quantitative estimate of drug-likeness (QED) is 0.431. The molecule has 0 aliphatic carbocycles. The number of phenols is 1. The van der Waals surface area contributed by atoms with E-state index in [0.717, 1.165) is 24.6 Å².